The molecule has 1 heterocycles. The van der Waals surface area contributed by atoms with Gasteiger partial charge in [-0.3, -0.25) is 9.59 Å². The molecule has 24 heavy (non-hydrogen) atoms. The molecule has 2 aromatic rings. The number of anilines is 2. The lowest BCUT2D eigenvalue weighted by atomic mass is 10.1. The van der Waals surface area contributed by atoms with Crippen molar-refractivity contribution in [1.82, 2.24) is 0 Å². The lowest BCUT2D eigenvalue weighted by molar-refractivity contribution is -0.119. The van der Waals surface area contributed by atoms with E-state index in [1.807, 2.05) is 0 Å². The maximum absolute atomic E-state index is 13.7. The van der Waals surface area contributed by atoms with Crippen LogP contribution in [0.25, 0.3) is 0 Å². The van der Waals surface area contributed by atoms with E-state index >= 15 is 0 Å². The normalized spacial score (nSPS) is 14.6. The molecule has 4 nitrogen and oxygen atoms in total. The molecule has 2 amide bonds. The zero-order valence-corrected chi connectivity index (χ0v) is 13.6. The van der Waals surface area contributed by atoms with E-state index in [0.717, 1.165) is 18.5 Å². The quantitative estimate of drug-likeness (QED) is 0.903. The summed E-state index contributed by atoms with van der Waals surface area (Å²) >= 11 is 5.81. The minimum absolute atomic E-state index is 0.0304. The fourth-order valence-corrected chi connectivity index (χ4v) is 2.83. The molecule has 0 aliphatic carbocycles. The van der Waals surface area contributed by atoms with Gasteiger partial charge in [0.2, 0.25) is 5.91 Å². The lowest BCUT2D eigenvalue weighted by Crippen LogP contribution is -2.35. The Bertz CT molecular complexity index is 777. The summed E-state index contributed by atoms with van der Waals surface area (Å²) in [5.41, 5.74) is 1.18. The molecule has 124 valence electrons. The summed E-state index contributed by atoms with van der Waals surface area (Å²) in [5.74, 6) is -0.893. The van der Waals surface area contributed by atoms with E-state index in [0.29, 0.717) is 23.6 Å². The second kappa shape index (κ2) is 7.01. The van der Waals surface area contributed by atoms with E-state index in [1.165, 1.54) is 18.2 Å². The number of benzene rings is 2. The molecule has 0 saturated carbocycles. The standard InChI is InChI=1S/C18H16ClFN2O2/c19-13-6-9-15(20)16(11-13)21-18(24)12-4-7-14(8-5-12)22-10-2-1-3-17(22)23/h4-9,11H,1-3,10H2,(H,21,24). The van der Waals surface area contributed by atoms with Gasteiger partial charge in [0, 0.05) is 29.2 Å². The summed E-state index contributed by atoms with van der Waals surface area (Å²) in [6.07, 6.45) is 2.44. The molecule has 3 rings (SSSR count). The SMILES string of the molecule is O=C(Nc1cc(Cl)ccc1F)c1ccc(N2CCCCC2=O)cc1. The van der Waals surface area contributed by atoms with Crippen LogP contribution in [0.4, 0.5) is 15.8 Å². The Morgan fingerprint density at radius 2 is 1.88 bits per heavy atom. The van der Waals surface area contributed by atoms with Crippen molar-refractivity contribution in [3.63, 3.8) is 0 Å². The molecule has 0 atom stereocenters. The number of carbonyl (C=O) groups excluding carboxylic acids is 2. The van der Waals surface area contributed by atoms with Gasteiger partial charge in [0.05, 0.1) is 5.69 Å². The molecule has 1 N–H and O–H groups in total. The Labute approximate surface area is 144 Å². The zero-order chi connectivity index (χ0) is 17.1. The number of halogens is 2. The average molecular weight is 347 g/mol. The highest BCUT2D eigenvalue weighted by Crippen LogP contribution is 2.23. The Kier molecular flexibility index (Phi) is 4.81. The number of nitrogens with one attached hydrogen (secondary N) is 1. The highest BCUT2D eigenvalue weighted by atomic mass is 35.5. The van der Waals surface area contributed by atoms with E-state index in [-0.39, 0.29) is 11.6 Å². The molecule has 0 radical (unpaired) electrons. The molecule has 0 bridgehead atoms. The molecule has 1 fully saturated rings. The predicted molar refractivity (Wildman–Crippen MR) is 92.0 cm³/mol. The summed E-state index contributed by atoms with van der Waals surface area (Å²) in [6.45, 7) is 0.693. The van der Waals surface area contributed by atoms with Gasteiger partial charge < -0.3 is 10.2 Å². The number of hydrogen-bond donors (Lipinski definition) is 1. The van der Waals surface area contributed by atoms with Crippen molar-refractivity contribution >= 4 is 34.8 Å². The largest absolute Gasteiger partial charge is 0.319 e. The van der Waals surface area contributed by atoms with Crippen LogP contribution in [0, 0.1) is 5.82 Å². The van der Waals surface area contributed by atoms with Crippen LogP contribution in [-0.2, 0) is 4.79 Å². The summed E-state index contributed by atoms with van der Waals surface area (Å²) < 4.78 is 13.7. The van der Waals surface area contributed by atoms with Crippen molar-refractivity contribution in [3.8, 4) is 0 Å². The lowest BCUT2D eigenvalue weighted by Gasteiger charge is -2.26. The molecular weight excluding hydrogens is 331 g/mol. The number of nitrogens with zero attached hydrogens (tertiary/aromatic N) is 1. The maximum Gasteiger partial charge on any atom is 0.255 e. The van der Waals surface area contributed by atoms with Gasteiger partial charge in [0.25, 0.3) is 5.91 Å². The van der Waals surface area contributed by atoms with Crippen molar-refractivity contribution in [2.45, 2.75) is 19.3 Å². The van der Waals surface area contributed by atoms with Gasteiger partial charge in [-0.2, -0.15) is 0 Å². The second-order valence-corrected chi connectivity index (χ2v) is 6.06. The maximum atomic E-state index is 13.7. The minimum Gasteiger partial charge on any atom is -0.319 e. The summed E-state index contributed by atoms with van der Waals surface area (Å²) in [7, 11) is 0. The Balaban J connectivity index is 1.74. The third-order valence-electron chi connectivity index (χ3n) is 3.94. The van der Waals surface area contributed by atoms with E-state index < -0.39 is 11.7 Å². The monoisotopic (exact) mass is 346 g/mol. The second-order valence-electron chi connectivity index (χ2n) is 5.63. The summed E-state index contributed by atoms with van der Waals surface area (Å²) in [5, 5.41) is 2.83. The van der Waals surface area contributed by atoms with Crippen LogP contribution < -0.4 is 10.2 Å². The van der Waals surface area contributed by atoms with Crippen LogP contribution in [0.3, 0.4) is 0 Å². The minimum atomic E-state index is -0.553. The number of hydrogen-bond acceptors (Lipinski definition) is 2. The van der Waals surface area contributed by atoms with E-state index in [1.54, 1.807) is 29.2 Å². The van der Waals surface area contributed by atoms with E-state index in [2.05, 4.69) is 5.32 Å². The molecule has 6 heteroatoms. The van der Waals surface area contributed by atoms with Gasteiger partial charge >= 0.3 is 0 Å². The smallest absolute Gasteiger partial charge is 0.255 e. The van der Waals surface area contributed by atoms with Crippen molar-refractivity contribution < 1.29 is 14.0 Å². The first-order chi connectivity index (χ1) is 11.5. The molecule has 1 saturated heterocycles. The van der Waals surface area contributed by atoms with Gasteiger partial charge in [-0.1, -0.05) is 11.6 Å². The average Bonchev–Trinajstić information content (AvgIpc) is 2.59. The molecular formula is C18H16ClFN2O2. The van der Waals surface area contributed by atoms with E-state index in [9.17, 15) is 14.0 Å². The number of carbonyl (C=O) groups is 2. The first-order valence-corrected chi connectivity index (χ1v) is 8.09. The number of amides is 2. The molecule has 0 unspecified atom stereocenters. The van der Waals surface area contributed by atoms with Crippen molar-refractivity contribution in [1.29, 1.82) is 0 Å². The fourth-order valence-electron chi connectivity index (χ4n) is 2.66. The van der Waals surface area contributed by atoms with Crippen LogP contribution in [0.2, 0.25) is 5.02 Å². The van der Waals surface area contributed by atoms with Gasteiger partial charge in [-0.05, 0) is 55.3 Å². The van der Waals surface area contributed by atoms with Gasteiger partial charge in [-0.25, -0.2) is 4.39 Å². The fraction of sp³-hybridized carbons (Fsp3) is 0.222. The Hall–Kier alpha value is -2.40. The first kappa shape index (κ1) is 16.5. The third kappa shape index (κ3) is 3.57. The number of rotatable bonds is 3. The highest BCUT2D eigenvalue weighted by Gasteiger charge is 2.19. The van der Waals surface area contributed by atoms with E-state index in [4.69, 9.17) is 11.6 Å². The van der Waals surface area contributed by atoms with Gasteiger partial charge in [-0.15, -0.1) is 0 Å². The topological polar surface area (TPSA) is 49.4 Å². The van der Waals surface area contributed by atoms with Crippen LogP contribution in [-0.4, -0.2) is 18.4 Å². The van der Waals surface area contributed by atoms with Crippen LogP contribution >= 0.6 is 11.6 Å². The van der Waals surface area contributed by atoms with Gasteiger partial charge in [0.15, 0.2) is 0 Å². The van der Waals surface area contributed by atoms with Gasteiger partial charge in [0.1, 0.15) is 5.82 Å². The van der Waals surface area contributed by atoms with Crippen molar-refractivity contribution in [3.05, 3.63) is 58.9 Å². The predicted octanol–water partition coefficient (Wildman–Crippen LogP) is 4.25. The van der Waals surface area contributed by atoms with Crippen molar-refractivity contribution in [2.24, 2.45) is 0 Å². The molecule has 0 aromatic heterocycles. The first-order valence-electron chi connectivity index (χ1n) is 7.71. The van der Waals surface area contributed by atoms with Crippen LogP contribution in [0.1, 0.15) is 29.6 Å². The molecule has 1 aliphatic rings. The molecule has 0 spiro atoms. The molecule has 2 aromatic carbocycles. The summed E-state index contributed by atoms with van der Waals surface area (Å²) in [4.78, 5) is 25.9. The van der Waals surface area contributed by atoms with Crippen LogP contribution in [0.15, 0.2) is 42.5 Å². The Morgan fingerprint density at radius 1 is 1.12 bits per heavy atom. The highest BCUT2D eigenvalue weighted by molar-refractivity contribution is 6.31. The Morgan fingerprint density at radius 3 is 2.58 bits per heavy atom. The van der Waals surface area contributed by atoms with Crippen LogP contribution in [0.5, 0.6) is 0 Å². The third-order valence-corrected chi connectivity index (χ3v) is 4.18. The molecule has 1 aliphatic heterocycles. The zero-order valence-electron chi connectivity index (χ0n) is 12.9. The van der Waals surface area contributed by atoms with Crippen molar-refractivity contribution in [2.75, 3.05) is 16.8 Å². The summed E-state index contributed by atoms with van der Waals surface area (Å²) in [6, 6.07) is 10.7. The number of piperidine rings is 1.